The van der Waals surface area contributed by atoms with E-state index >= 15 is 0 Å². The second-order valence-electron chi connectivity index (χ2n) is 25.0. The predicted octanol–water partition coefficient (Wildman–Crippen LogP) is 14.3. The Balaban J connectivity index is 1.54. The molecule has 0 aromatic rings. The van der Waals surface area contributed by atoms with Gasteiger partial charge in [-0.3, -0.25) is 4.79 Å². The van der Waals surface area contributed by atoms with Crippen molar-refractivity contribution in [2.75, 3.05) is 19.8 Å². The number of aliphatic hydroxyl groups excluding tert-OH is 8. The van der Waals surface area contributed by atoms with Crippen LogP contribution >= 0.6 is 0 Å². The lowest BCUT2D eigenvalue weighted by molar-refractivity contribution is -0.359. The number of hydrogen-bond acceptors (Lipinski definition) is 13. The smallest absolute Gasteiger partial charge is 0.220 e. The van der Waals surface area contributed by atoms with Crippen LogP contribution in [0.2, 0.25) is 0 Å². The van der Waals surface area contributed by atoms with Crippen molar-refractivity contribution < 1.29 is 64.6 Å². The van der Waals surface area contributed by atoms with Crippen LogP contribution in [0.15, 0.2) is 48.6 Å². The van der Waals surface area contributed by atoms with Crippen LogP contribution < -0.4 is 5.32 Å². The summed E-state index contributed by atoms with van der Waals surface area (Å²) in [5.41, 5.74) is 0. The highest BCUT2D eigenvalue weighted by Gasteiger charge is 2.51. The number of ether oxygens (including phenoxy) is 4. The summed E-state index contributed by atoms with van der Waals surface area (Å²) < 4.78 is 22.8. The molecule has 0 aromatic heterocycles. The first-order valence-corrected chi connectivity index (χ1v) is 35.4. The maximum absolute atomic E-state index is 13.3. The summed E-state index contributed by atoms with van der Waals surface area (Å²) in [6.07, 6.45) is 56.4. The molecule has 12 unspecified atom stereocenters. The Hall–Kier alpha value is -2.05. The minimum Gasteiger partial charge on any atom is -0.394 e. The first-order valence-electron chi connectivity index (χ1n) is 35.4. The molecule has 12 atom stereocenters. The topological polar surface area (TPSA) is 228 Å². The summed E-state index contributed by atoms with van der Waals surface area (Å²) in [6, 6.07) is -0.929. The maximum Gasteiger partial charge on any atom is 0.220 e. The van der Waals surface area contributed by atoms with Crippen LogP contribution in [0.25, 0.3) is 0 Å². The van der Waals surface area contributed by atoms with Crippen molar-refractivity contribution in [2.45, 2.75) is 376 Å². The average molecular weight is 1210 g/mol. The normalized spacial score (nSPS) is 23.8. The van der Waals surface area contributed by atoms with Gasteiger partial charge in [0, 0.05) is 6.42 Å². The largest absolute Gasteiger partial charge is 0.394 e. The quantitative estimate of drug-likeness (QED) is 0.0204. The lowest BCUT2D eigenvalue weighted by Gasteiger charge is -2.46. The summed E-state index contributed by atoms with van der Waals surface area (Å²) in [7, 11) is 0. The third-order valence-electron chi connectivity index (χ3n) is 17.2. The number of aliphatic hydroxyl groups is 8. The molecule has 14 nitrogen and oxygen atoms in total. The Morgan fingerprint density at radius 1 is 0.424 bits per heavy atom. The number of nitrogens with one attached hydrogen (secondary N) is 1. The first kappa shape index (κ1) is 79.0. The van der Waals surface area contributed by atoms with Crippen LogP contribution in [0, 0.1) is 0 Å². The average Bonchev–Trinajstić information content (AvgIpc) is 3.60. The SMILES string of the molecule is CCCCCCC/C=C\C/C=C\CCCCCCCCCCCCCCCCCCCCCCCCCCCCCC(=O)NC(COC1OC(CO)C(OC2OC(CO)C(O)C(O)C2O)C(O)C1O)C(O)/C=C/CC/C=C/CCCCCCCC. The molecule has 2 heterocycles. The fourth-order valence-electron chi connectivity index (χ4n) is 11.6. The van der Waals surface area contributed by atoms with Gasteiger partial charge in [0.25, 0.3) is 0 Å². The van der Waals surface area contributed by atoms with E-state index in [0.717, 1.165) is 38.5 Å². The Morgan fingerprint density at radius 3 is 1.22 bits per heavy atom. The van der Waals surface area contributed by atoms with Crippen LogP contribution in [-0.2, 0) is 23.7 Å². The van der Waals surface area contributed by atoms with Crippen molar-refractivity contribution in [1.82, 2.24) is 5.32 Å². The molecule has 14 heteroatoms. The van der Waals surface area contributed by atoms with Crippen molar-refractivity contribution in [2.24, 2.45) is 0 Å². The van der Waals surface area contributed by atoms with Crippen LogP contribution in [0.4, 0.5) is 0 Å². The van der Waals surface area contributed by atoms with Gasteiger partial charge in [-0.05, 0) is 64.2 Å². The molecule has 0 saturated carbocycles. The van der Waals surface area contributed by atoms with Gasteiger partial charge >= 0.3 is 0 Å². The molecule has 2 fully saturated rings. The molecule has 0 spiro atoms. The molecule has 0 bridgehead atoms. The standard InChI is InChI=1S/C71H131NO13/c1-3-5-7-9-11-13-15-17-18-19-20-21-22-23-24-25-26-27-28-29-30-31-32-33-34-35-36-37-38-39-40-41-42-43-45-47-49-51-53-55-63(76)72-59(60(75)54-52-50-48-46-44-16-14-12-10-8-6-4-2)58-82-70-68(81)66(79)69(62(57-74)84-70)85-71-67(80)65(78)64(77)61(56-73)83-71/h15,17,19-20,44,46,52,54,59-62,64-71,73-75,77-81H,3-14,16,18,21-43,45,47-51,53,55-58H2,1-2H3,(H,72,76)/b17-15-,20-19-,46-44+,54-52+. The van der Waals surface area contributed by atoms with Crippen LogP contribution in [-0.4, -0.2) is 140 Å². The van der Waals surface area contributed by atoms with Gasteiger partial charge in [0.2, 0.25) is 5.91 Å². The van der Waals surface area contributed by atoms with Gasteiger partial charge in [0.15, 0.2) is 12.6 Å². The molecule has 498 valence electrons. The van der Waals surface area contributed by atoms with Crippen LogP contribution in [0.5, 0.6) is 0 Å². The fourth-order valence-corrected chi connectivity index (χ4v) is 11.6. The zero-order valence-electron chi connectivity index (χ0n) is 54.1. The summed E-state index contributed by atoms with van der Waals surface area (Å²) in [5.74, 6) is -0.246. The molecular formula is C71H131NO13. The van der Waals surface area contributed by atoms with Gasteiger partial charge in [0.1, 0.15) is 48.8 Å². The van der Waals surface area contributed by atoms with E-state index in [1.54, 1.807) is 6.08 Å². The third kappa shape index (κ3) is 40.3. The summed E-state index contributed by atoms with van der Waals surface area (Å²) in [4.78, 5) is 13.3. The highest BCUT2D eigenvalue weighted by atomic mass is 16.7. The van der Waals surface area contributed by atoms with E-state index in [2.05, 4.69) is 55.6 Å². The highest BCUT2D eigenvalue weighted by Crippen LogP contribution is 2.30. The zero-order chi connectivity index (χ0) is 61.6. The van der Waals surface area contributed by atoms with Crippen LogP contribution in [0.1, 0.15) is 303 Å². The minimum absolute atomic E-state index is 0.246. The van der Waals surface area contributed by atoms with Crippen molar-refractivity contribution in [3.63, 3.8) is 0 Å². The maximum atomic E-state index is 13.3. The van der Waals surface area contributed by atoms with E-state index in [9.17, 15) is 45.6 Å². The van der Waals surface area contributed by atoms with E-state index in [1.807, 2.05) is 6.08 Å². The molecule has 2 rings (SSSR count). The molecule has 2 saturated heterocycles. The number of unbranched alkanes of at least 4 members (excludes halogenated alkanes) is 39. The molecule has 0 aliphatic carbocycles. The van der Waals surface area contributed by atoms with E-state index < -0.39 is 86.8 Å². The van der Waals surface area contributed by atoms with Gasteiger partial charge in [-0.15, -0.1) is 0 Å². The second-order valence-corrected chi connectivity index (χ2v) is 25.0. The van der Waals surface area contributed by atoms with E-state index in [-0.39, 0.29) is 18.9 Å². The highest BCUT2D eigenvalue weighted by molar-refractivity contribution is 5.76. The predicted molar refractivity (Wildman–Crippen MR) is 346 cm³/mol. The Bertz CT molecular complexity index is 1610. The third-order valence-corrected chi connectivity index (χ3v) is 17.2. The number of carbonyl (C=O) groups excluding carboxylic acids is 1. The molecule has 2 aliphatic rings. The molecule has 9 N–H and O–H groups in total. The second kappa shape index (κ2) is 56.0. The number of allylic oxidation sites excluding steroid dienone is 7. The van der Waals surface area contributed by atoms with Crippen molar-refractivity contribution >= 4 is 5.91 Å². The number of amides is 1. The lowest BCUT2D eigenvalue weighted by atomic mass is 9.97. The molecular weight excluding hydrogens is 1070 g/mol. The van der Waals surface area contributed by atoms with Gasteiger partial charge in [-0.1, -0.05) is 281 Å². The lowest BCUT2D eigenvalue weighted by Crippen LogP contribution is -2.65. The van der Waals surface area contributed by atoms with Gasteiger partial charge in [-0.25, -0.2) is 0 Å². The summed E-state index contributed by atoms with van der Waals surface area (Å²) >= 11 is 0. The van der Waals surface area contributed by atoms with E-state index in [0.29, 0.717) is 12.8 Å². The molecule has 0 aromatic carbocycles. The van der Waals surface area contributed by atoms with Crippen molar-refractivity contribution in [3.8, 4) is 0 Å². The van der Waals surface area contributed by atoms with Crippen molar-refractivity contribution in [1.29, 1.82) is 0 Å². The fraction of sp³-hybridized carbons (Fsp3) is 0.873. The monoisotopic (exact) mass is 1210 g/mol. The van der Waals surface area contributed by atoms with Gasteiger partial charge in [-0.2, -0.15) is 0 Å². The Morgan fingerprint density at radius 2 is 0.788 bits per heavy atom. The number of hydrogen-bond donors (Lipinski definition) is 9. The Kier molecular flexibility index (Phi) is 52.1. The molecule has 0 radical (unpaired) electrons. The van der Waals surface area contributed by atoms with Gasteiger partial charge < -0.3 is 65.1 Å². The van der Waals surface area contributed by atoms with Crippen LogP contribution in [0.3, 0.4) is 0 Å². The number of carbonyl (C=O) groups is 1. The zero-order valence-corrected chi connectivity index (χ0v) is 54.1. The molecule has 2 aliphatic heterocycles. The summed E-state index contributed by atoms with van der Waals surface area (Å²) in [5, 5.41) is 87.1. The minimum atomic E-state index is -1.79. The first-order chi connectivity index (χ1) is 41.6. The molecule has 85 heavy (non-hydrogen) atoms. The molecule has 1 amide bonds. The Labute approximate surface area is 518 Å². The summed E-state index contributed by atoms with van der Waals surface area (Å²) in [6.45, 7) is 2.77. The van der Waals surface area contributed by atoms with Crippen molar-refractivity contribution in [3.05, 3.63) is 48.6 Å². The van der Waals surface area contributed by atoms with Gasteiger partial charge in [0.05, 0.1) is 32.0 Å². The number of rotatable bonds is 58. The van der Waals surface area contributed by atoms with E-state index in [4.69, 9.17) is 18.9 Å². The van der Waals surface area contributed by atoms with E-state index in [1.165, 1.54) is 231 Å².